The molecule has 6 nitrogen and oxygen atoms in total. The number of hydrogen-bond donors (Lipinski definition) is 0. The number of aromatic nitrogens is 2. The van der Waals surface area contributed by atoms with E-state index >= 15 is 0 Å². The van der Waals surface area contributed by atoms with E-state index in [2.05, 4.69) is 9.97 Å². The summed E-state index contributed by atoms with van der Waals surface area (Å²) in [5.41, 5.74) is 1.64. The fourth-order valence-corrected chi connectivity index (χ4v) is 2.83. The number of amides is 1. The fraction of sp³-hybridized carbons (Fsp3) is 0.389. The first kappa shape index (κ1) is 17.1. The van der Waals surface area contributed by atoms with Crippen molar-refractivity contribution in [3.05, 3.63) is 48.0 Å². The van der Waals surface area contributed by atoms with E-state index in [-0.39, 0.29) is 18.0 Å². The van der Waals surface area contributed by atoms with Gasteiger partial charge in [-0.3, -0.25) is 4.79 Å². The Balaban J connectivity index is 1.67. The molecule has 0 unspecified atom stereocenters. The van der Waals surface area contributed by atoms with Crippen LogP contribution in [0.3, 0.4) is 0 Å². The van der Waals surface area contributed by atoms with Gasteiger partial charge >= 0.3 is 6.01 Å². The lowest BCUT2D eigenvalue weighted by molar-refractivity contribution is 0.0515. The quantitative estimate of drug-likeness (QED) is 0.852. The van der Waals surface area contributed by atoms with Crippen molar-refractivity contribution >= 4 is 11.6 Å². The lowest BCUT2D eigenvalue weighted by Gasteiger charge is -2.32. The molecule has 1 aliphatic rings. The predicted octanol–water partition coefficient (Wildman–Crippen LogP) is 2.37. The smallest absolute Gasteiger partial charge is 0.316 e. The molecule has 1 aliphatic heterocycles. The number of nitrogens with zero attached hydrogens (tertiary/aromatic N) is 4. The average molecular weight is 344 g/mol. The first-order chi connectivity index (χ1) is 12.0. The monoisotopic (exact) mass is 344 g/mol. The zero-order valence-electron chi connectivity index (χ0n) is 14.4. The van der Waals surface area contributed by atoms with Gasteiger partial charge in [0, 0.05) is 31.9 Å². The molecular formula is C18H21FN4O2. The predicted molar refractivity (Wildman–Crippen MR) is 92.3 cm³/mol. The third-order valence-electron chi connectivity index (χ3n) is 4.14. The van der Waals surface area contributed by atoms with Crippen molar-refractivity contribution in [1.82, 2.24) is 14.9 Å². The summed E-state index contributed by atoms with van der Waals surface area (Å²) in [7, 11) is 3.88. The highest BCUT2D eigenvalue weighted by atomic mass is 19.1. The highest BCUT2D eigenvalue weighted by Crippen LogP contribution is 2.20. The molecule has 1 fully saturated rings. The van der Waals surface area contributed by atoms with Gasteiger partial charge in [-0.05, 0) is 31.0 Å². The first-order valence-corrected chi connectivity index (χ1v) is 8.24. The van der Waals surface area contributed by atoms with Crippen LogP contribution < -0.4 is 9.64 Å². The second kappa shape index (κ2) is 7.46. The van der Waals surface area contributed by atoms with E-state index in [1.807, 2.05) is 43.3 Å². The molecule has 0 radical (unpaired) electrons. The summed E-state index contributed by atoms with van der Waals surface area (Å²) >= 11 is 0. The van der Waals surface area contributed by atoms with Crippen LogP contribution in [0.4, 0.5) is 10.1 Å². The Labute approximate surface area is 146 Å². The Morgan fingerprint density at radius 1 is 1.32 bits per heavy atom. The molecule has 7 heteroatoms. The Morgan fingerprint density at radius 2 is 2.08 bits per heavy atom. The first-order valence-electron chi connectivity index (χ1n) is 8.24. The molecule has 2 aromatic rings. The normalized spacial score (nSPS) is 17.2. The lowest BCUT2D eigenvalue weighted by atomic mass is 10.1. The van der Waals surface area contributed by atoms with Crippen LogP contribution >= 0.6 is 0 Å². The van der Waals surface area contributed by atoms with Crippen LogP contribution in [0.1, 0.15) is 23.2 Å². The molecule has 132 valence electrons. The molecule has 2 heterocycles. The number of carbonyl (C=O) groups excluding carboxylic acids is 1. The van der Waals surface area contributed by atoms with E-state index in [0.29, 0.717) is 18.7 Å². The van der Waals surface area contributed by atoms with Crippen molar-refractivity contribution in [2.45, 2.75) is 18.9 Å². The van der Waals surface area contributed by atoms with E-state index in [0.717, 1.165) is 30.9 Å². The second-order valence-electron chi connectivity index (χ2n) is 6.26. The highest BCUT2D eigenvalue weighted by molar-refractivity contribution is 5.95. The van der Waals surface area contributed by atoms with Crippen molar-refractivity contribution in [3.63, 3.8) is 0 Å². The SMILES string of the molecule is CN(C)c1cccc(C(=O)N2CCC[C@H](Oc3ncc(F)cn3)C2)c1. The molecule has 3 rings (SSSR count). The Hall–Kier alpha value is -2.70. The van der Waals surface area contributed by atoms with Gasteiger partial charge in [0.1, 0.15) is 6.10 Å². The van der Waals surface area contributed by atoms with Crippen LogP contribution in [0.25, 0.3) is 0 Å². The summed E-state index contributed by atoms with van der Waals surface area (Å²) in [6.07, 6.45) is 3.59. The third-order valence-corrected chi connectivity index (χ3v) is 4.14. The second-order valence-corrected chi connectivity index (χ2v) is 6.26. The maximum Gasteiger partial charge on any atom is 0.316 e. The molecule has 1 saturated heterocycles. The minimum absolute atomic E-state index is 0.0166. The maximum absolute atomic E-state index is 12.9. The van der Waals surface area contributed by atoms with Crippen molar-refractivity contribution in [1.29, 1.82) is 0 Å². The fourth-order valence-electron chi connectivity index (χ4n) is 2.83. The van der Waals surface area contributed by atoms with Crippen LogP contribution in [0.15, 0.2) is 36.7 Å². The standard InChI is InChI=1S/C18H21FN4O2/c1-22(2)15-6-3-5-13(9-15)17(24)23-8-4-7-16(12-23)25-18-20-10-14(19)11-21-18/h3,5-6,9-11,16H,4,7-8,12H2,1-2H3/t16-/m0/s1. The van der Waals surface area contributed by atoms with Crippen molar-refractivity contribution in [3.8, 4) is 6.01 Å². The molecule has 1 aromatic carbocycles. The number of carbonyl (C=O) groups is 1. The molecular weight excluding hydrogens is 323 g/mol. The summed E-state index contributed by atoms with van der Waals surface area (Å²) in [6.45, 7) is 1.15. The topological polar surface area (TPSA) is 58.6 Å². The van der Waals surface area contributed by atoms with Crippen molar-refractivity contribution in [2.75, 3.05) is 32.1 Å². The van der Waals surface area contributed by atoms with Gasteiger partial charge in [-0.15, -0.1) is 0 Å². The van der Waals surface area contributed by atoms with Gasteiger partial charge in [0.05, 0.1) is 18.9 Å². The number of likely N-dealkylation sites (tertiary alicyclic amines) is 1. The molecule has 0 saturated carbocycles. The zero-order valence-corrected chi connectivity index (χ0v) is 14.4. The minimum atomic E-state index is -0.506. The Morgan fingerprint density at radius 3 is 2.80 bits per heavy atom. The number of ether oxygens (including phenoxy) is 1. The van der Waals surface area contributed by atoms with Crippen molar-refractivity contribution < 1.29 is 13.9 Å². The maximum atomic E-state index is 12.9. The van der Waals surface area contributed by atoms with Crippen LogP contribution in [0.2, 0.25) is 0 Å². The zero-order chi connectivity index (χ0) is 17.8. The van der Waals surface area contributed by atoms with Crippen molar-refractivity contribution in [2.24, 2.45) is 0 Å². The summed E-state index contributed by atoms with van der Waals surface area (Å²) in [5, 5.41) is 0. The summed E-state index contributed by atoms with van der Waals surface area (Å²) < 4.78 is 18.6. The van der Waals surface area contributed by atoms with Gasteiger partial charge in [0.15, 0.2) is 5.82 Å². The summed E-state index contributed by atoms with van der Waals surface area (Å²) in [6, 6.07) is 7.69. The Kier molecular flexibility index (Phi) is 5.11. The van der Waals surface area contributed by atoms with Crippen LogP contribution in [0.5, 0.6) is 6.01 Å². The van der Waals surface area contributed by atoms with E-state index < -0.39 is 5.82 Å². The molecule has 1 atom stereocenters. The third kappa shape index (κ3) is 4.23. The van der Waals surface area contributed by atoms with E-state index in [4.69, 9.17) is 4.74 Å². The lowest BCUT2D eigenvalue weighted by Crippen LogP contribution is -2.44. The minimum Gasteiger partial charge on any atom is -0.458 e. The number of halogens is 1. The van der Waals surface area contributed by atoms with Gasteiger partial charge in [0.2, 0.25) is 0 Å². The molecule has 0 spiro atoms. The van der Waals surface area contributed by atoms with Crippen LogP contribution in [-0.2, 0) is 0 Å². The number of rotatable bonds is 4. The molecule has 0 N–H and O–H groups in total. The molecule has 1 aromatic heterocycles. The number of anilines is 1. The Bertz CT molecular complexity index is 736. The van der Waals surface area contributed by atoms with Gasteiger partial charge in [0.25, 0.3) is 5.91 Å². The summed E-state index contributed by atoms with van der Waals surface area (Å²) in [4.78, 5) is 24.2. The van der Waals surface area contributed by atoms with Gasteiger partial charge in [-0.1, -0.05) is 6.07 Å². The molecule has 1 amide bonds. The molecule has 0 aliphatic carbocycles. The highest BCUT2D eigenvalue weighted by Gasteiger charge is 2.26. The molecule has 0 bridgehead atoms. The van der Waals surface area contributed by atoms with Crippen LogP contribution in [-0.4, -0.2) is 54.1 Å². The van der Waals surface area contributed by atoms with E-state index in [9.17, 15) is 9.18 Å². The number of benzene rings is 1. The molecule has 25 heavy (non-hydrogen) atoms. The van der Waals surface area contributed by atoms with Gasteiger partial charge in [-0.25, -0.2) is 14.4 Å². The van der Waals surface area contributed by atoms with Gasteiger partial charge in [-0.2, -0.15) is 0 Å². The van der Waals surface area contributed by atoms with E-state index in [1.54, 1.807) is 4.90 Å². The largest absolute Gasteiger partial charge is 0.458 e. The van der Waals surface area contributed by atoms with Crippen LogP contribution in [0, 0.1) is 5.82 Å². The van der Waals surface area contributed by atoms with E-state index in [1.165, 1.54) is 0 Å². The average Bonchev–Trinajstić information content (AvgIpc) is 2.63. The number of piperidine rings is 1. The number of hydrogen-bond acceptors (Lipinski definition) is 5. The van der Waals surface area contributed by atoms with Gasteiger partial charge < -0.3 is 14.5 Å². The summed E-state index contributed by atoms with van der Waals surface area (Å²) in [5.74, 6) is -0.523.